The molecule has 0 saturated heterocycles. The Morgan fingerprint density at radius 3 is 2.75 bits per heavy atom. The third-order valence-electron chi connectivity index (χ3n) is 5.96. The summed E-state index contributed by atoms with van der Waals surface area (Å²) in [5.41, 5.74) is 8.60. The van der Waals surface area contributed by atoms with Gasteiger partial charge in [-0.15, -0.1) is 0 Å². The molecule has 4 unspecified atom stereocenters. The maximum absolute atomic E-state index is 12.2. The van der Waals surface area contributed by atoms with Crippen LogP contribution < -0.4 is 11.1 Å². The van der Waals surface area contributed by atoms with Gasteiger partial charge in [-0.05, 0) is 67.2 Å². The Balaban J connectivity index is 1.75. The Kier molecular flexibility index (Phi) is 9.23. The molecule has 5 heteroatoms. The van der Waals surface area contributed by atoms with Gasteiger partial charge in [0.05, 0.1) is 7.85 Å². The fourth-order valence-corrected chi connectivity index (χ4v) is 3.86. The molecular weight excluding hydrogens is 347 g/mol. The van der Waals surface area contributed by atoms with Gasteiger partial charge in [-0.1, -0.05) is 44.6 Å². The first-order chi connectivity index (χ1) is 13.5. The van der Waals surface area contributed by atoms with E-state index in [1.54, 1.807) is 0 Å². The number of nitrogens with one attached hydrogen (secondary N) is 1. The molecule has 152 valence electrons. The van der Waals surface area contributed by atoms with E-state index < -0.39 is 0 Å². The molecule has 4 nitrogen and oxygen atoms in total. The summed E-state index contributed by atoms with van der Waals surface area (Å²) >= 11 is 0. The molecule has 1 aromatic carbocycles. The Morgan fingerprint density at radius 1 is 1.39 bits per heavy atom. The topological polar surface area (TPSA) is 72.2 Å². The van der Waals surface area contributed by atoms with Gasteiger partial charge in [0.2, 0.25) is 5.91 Å². The van der Waals surface area contributed by atoms with Crippen LogP contribution in [-0.2, 0) is 11.2 Å². The maximum Gasteiger partial charge on any atom is 0.220 e. The molecule has 0 aliphatic heterocycles. The zero-order valence-electron chi connectivity index (χ0n) is 17.5. The number of carbonyl (C=O) groups is 2. The van der Waals surface area contributed by atoms with Gasteiger partial charge in [0.1, 0.15) is 6.29 Å². The highest BCUT2D eigenvalue weighted by atomic mass is 16.1. The Morgan fingerprint density at radius 2 is 2.14 bits per heavy atom. The zero-order valence-corrected chi connectivity index (χ0v) is 17.5. The van der Waals surface area contributed by atoms with Crippen LogP contribution >= 0.6 is 0 Å². The predicted octanol–water partition coefficient (Wildman–Crippen LogP) is 3.78. The van der Waals surface area contributed by atoms with Crippen molar-refractivity contribution in [2.24, 2.45) is 17.6 Å². The second-order valence-corrected chi connectivity index (χ2v) is 8.44. The molecule has 1 saturated carbocycles. The highest BCUT2D eigenvalue weighted by molar-refractivity contribution is 6.14. The fraction of sp³-hybridized carbons (Fsp3) is 0.652. The molecule has 0 aromatic heterocycles. The van der Waals surface area contributed by atoms with Crippen LogP contribution in [0.15, 0.2) is 18.2 Å². The lowest BCUT2D eigenvalue weighted by atomic mass is 9.91. The number of aldehydes is 1. The quantitative estimate of drug-likeness (QED) is 0.403. The van der Waals surface area contributed by atoms with Gasteiger partial charge in [-0.25, -0.2) is 0 Å². The molecular formula is C23H35BN2O2. The van der Waals surface area contributed by atoms with Crippen LogP contribution in [0.25, 0.3) is 0 Å². The van der Waals surface area contributed by atoms with E-state index in [0.717, 1.165) is 55.9 Å². The first-order valence-corrected chi connectivity index (χ1v) is 10.8. The van der Waals surface area contributed by atoms with Gasteiger partial charge in [0.15, 0.2) is 0 Å². The second kappa shape index (κ2) is 11.4. The molecule has 0 heterocycles. The third kappa shape index (κ3) is 7.08. The lowest BCUT2D eigenvalue weighted by molar-refractivity contribution is -0.122. The molecule has 2 rings (SSSR count). The zero-order chi connectivity index (χ0) is 20.5. The summed E-state index contributed by atoms with van der Waals surface area (Å²) in [4.78, 5) is 23.6. The van der Waals surface area contributed by atoms with E-state index in [0.29, 0.717) is 37.3 Å². The van der Waals surface area contributed by atoms with Crippen molar-refractivity contribution in [3.8, 4) is 0 Å². The maximum atomic E-state index is 12.2. The summed E-state index contributed by atoms with van der Waals surface area (Å²) < 4.78 is 0. The van der Waals surface area contributed by atoms with Crippen molar-refractivity contribution in [2.75, 3.05) is 13.1 Å². The van der Waals surface area contributed by atoms with Crippen molar-refractivity contribution in [1.29, 1.82) is 0 Å². The van der Waals surface area contributed by atoms with Crippen LogP contribution in [0, 0.1) is 11.8 Å². The minimum atomic E-state index is 0.134. The van der Waals surface area contributed by atoms with Crippen LogP contribution in [0.1, 0.15) is 79.8 Å². The number of benzene rings is 1. The molecule has 4 atom stereocenters. The van der Waals surface area contributed by atoms with Gasteiger partial charge in [0.25, 0.3) is 0 Å². The molecule has 1 aliphatic rings. The third-order valence-corrected chi connectivity index (χ3v) is 5.96. The average molecular weight is 382 g/mol. The van der Waals surface area contributed by atoms with Crippen LogP contribution in [0.3, 0.4) is 0 Å². The molecule has 2 radical (unpaired) electrons. The summed E-state index contributed by atoms with van der Waals surface area (Å²) in [6.07, 6.45) is 7.31. The number of hydrogen-bond donors (Lipinski definition) is 2. The van der Waals surface area contributed by atoms with E-state index in [4.69, 9.17) is 13.6 Å². The van der Waals surface area contributed by atoms with Gasteiger partial charge in [0, 0.05) is 18.5 Å². The standard InChI is InChI=1S/C23H35BN2O2/c1-3-17(5-4-9-25)12-23(28)26-10-8-16(2)11-18-6-7-19(13-20(18)15-27)21-14-22(21)24/h6-7,13,15-17,21-22H,3-5,8-12,14,25H2,1-2H3,(H,26,28). The smallest absolute Gasteiger partial charge is 0.220 e. The predicted molar refractivity (Wildman–Crippen MR) is 116 cm³/mol. The van der Waals surface area contributed by atoms with Crippen molar-refractivity contribution in [3.05, 3.63) is 34.9 Å². The van der Waals surface area contributed by atoms with Gasteiger partial charge in [-0.2, -0.15) is 0 Å². The number of nitrogens with two attached hydrogens (primary N) is 1. The summed E-state index contributed by atoms with van der Waals surface area (Å²) in [5.74, 6) is 1.61. The summed E-state index contributed by atoms with van der Waals surface area (Å²) in [6, 6.07) is 6.18. The molecule has 1 aliphatic carbocycles. The number of carbonyl (C=O) groups excluding carboxylic acids is 2. The number of rotatable bonds is 13. The summed E-state index contributed by atoms with van der Waals surface area (Å²) in [6.45, 7) is 5.66. The summed E-state index contributed by atoms with van der Waals surface area (Å²) in [5, 5.41) is 3.05. The van der Waals surface area contributed by atoms with Gasteiger partial charge in [-0.3, -0.25) is 9.59 Å². The lowest BCUT2D eigenvalue weighted by Gasteiger charge is -2.16. The van der Waals surface area contributed by atoms with E-state index in [2.05, 4.69) is 31.3 Å². The van der Waals surface area contributed by atoms with Crippen LogP contribution in [0.4, 0.5) is 0 Å². The average Bonchev–Trinajstić information content (AvgIpc) is 3.41. The van der Waals surface area contributed by atoms with E-state index in [1.807, 2.05) is 6.07 Å². The van der Waals surface area contributed by atoms with Crippen molar-refractivity contribution in [1.82, 2.24) is 5.32 Å². The molecule has 0 bridgehead atoms. The SMILES string of the molecule is [B]C1CC1c1ccc(CC(C)CCNC(=O)CC(CC)CCCN)c(C=O)c1. The Bertz CT molecular complexity index is 649. The highest BCUT2D eigenvalue weighted by Gasteiger charge is 2.33. The van der Waals surface area contributed by atoms with Crippen LogP contribution in [0.5, 0.6) is 0 Å². The van der Waals surface area contributed by atoms with Crippen LogP contribution in [0.2, 0.25) is 5.82 Å². The van der Waals surface area contributed by atoms with Gasteiger partial charge < -0.3 is 11.1 Å². The van der Waals surface area contributed by atoms with E-state index in [-0.39, 0.29) is 11.7 Å². The molecule has 1 aromatic rings. The minimum absolute atomic E-state index is 0.134. The Labute approximate surface area is 171 Å². The van der Waals surface area contributed by atoms with Gasteiger partial charge >= 0.3 is 0 Å². The van der Waals surface area contributed by atoms with Crippen molar-refractivity contribution in [2.45, 2.75) is 70.5 Å². The van der Waals surface area contributed by atoms with Crippen molar-refractivity contribution >= 4 is 20.0 Å². The number of hydrogen-bond acceptors (Lipinski definition) is 3. The molecule has 0 spiro atoms. The molecule has 1 amide bonds. The van der Waals surface area contributed by atoms with E-state index in [1.165, 1.54) is 5.56 Å². The minimum Gasteiger partial charge on any atom is -0.356 e. The van der Waals surface area contributed by atoms with Crippen molar-refractivity contribution < 1.29 is 9.59 Å². The Hall–Kier alpha value is -1.62. The highest BCUT2D eigenvalue weighted by Crippen LogP contribution is 2.50. The van der Waals surface area contributed by atoms with E-state index >= 15 is 0 Å². The molecule has 28 heavy (non-hydrogen) atoms. The molecule has 1 fully saturated rings. The number of amides is 1. The first-order valence-electron chi connectivity index (χ1n) is 10.8. The second-order valence-electron chi connectivity index (χ2n) is 8.44. The van der Waals surface area contributed by atoms with E-state index in [9.17, 15) is 9.59 Å². The van der Waals surface area contributed by atoms with Crippen LogP contribution in [-0.4, -0.2) is 33.1 Å². The fourth-order valence-electron chi connectivity index (χ4n) is 3.86. The van der Waals surface area contributed by atoms with Crippen molar-refractivity contribution in [3.63, 3.8) is 0 Å². The normalized spacial score (nSPS) is 20.4. The summed E-state index contributed by atoms with van der Waals surface area (Å²) in [7, 11) is 5.92. The molecule has 3 N–H and O–H groups in total. The first kappa shape index (κ1) is 22.7. The lowest BCUT2D eigenvalue weighted by Crippen LogP contribution is -2.27. The largest absolute Gasteiger partial charge is 0.356 e. The monoisotopic (exact) mass is 382 g/mol.